The largest absolute Gasteiger partial charge is 0.481 e. The van der Waals surface area contributed by atoms with E-state index >= 15 is 0 Å². The van der Waals surface area contributed by atoms with Crippen LogP contribution in [0.25, 0.3) is 0 Å². The molecule has 0 rings (SSSR count). The van der Waals surface area contributed by atoms with E-state index in [-0.39, 0.29) is 11.8 Å². The van der Waals surface area contributed by atoms with Crippen molar-refractivity contribution in [1.82, 2.24) is 0 Å². The number of hydrogen-bond acceptors (Lipinski definition) is 1. The van der Waals surface area contributed by atoms with Crippen LogP contribution in [0.4, 0.5) is 0 Å². The Balaban J connectivity index is 3.50. The molecule has 0 amide bonds. The standard InChI is InChI=1S/C7H13ClO2/c1-2-3-4-6(5-8)7(9)10/h6H,2-5H2,1H3,(H,9,10). The maximum Gasteiger partial charge on any atom is 0.307 e. The van der Waals surface area contributed by atoms with Crippen molar-refractivity contribution in [3.8, 4) is 0 Å². The van der Waals surface area contributed by atoms with E-state index in [0.717, 1.165) is 12.8 Å². The molecule has 0 fully saturated rings. The second kappa shape index (κ2) is 5.54. The van der Waals surface area contributed by atoms with E-state index < -0.39 is 5.97 Å². The summed E-state index contributed by atoms with van der Waals surface area (Å²) in [6.07, 6.45) is 2.68. The van der Waals surface area contributed by atoms with E-state index in [0.29, 0.717) is 6.42 Å². The third-order valence-corrected chi connectivity index (χ3v) is 1.81. The second-order valence-electron chi connectivity index (χ2n) is 2.33. The Morgan fingerprint density at radius 3 is 2.60 bits per heavy atom. The second-order valence-corrected chi connectivity index (χ2v) is 2.64. The average molecular weight is 165 g/mol. The Morgan fingerprint density at radius 2 is 2.30 bits per heavy atom. The Morgan fingerprint density at radius 1 is 1.70 bits per heavy atom. The van der Waals surface area contributed by atoms with E-state index in [2.05, 4.69) is 0 Å². The molecule has 2 nitrogen and oxygen atoms in total. The fraction of sp³-hybridized carbons (Fsp3) is 0.857. The number of carboxylic acids is 1. The molecule has 0 radical (unpaired) electrons. The SMILES string of the molecule is CCCCC(CCl)C(=O)O. The van der Waals surface area contributed by atoms with Crippen LogP contribution >= 0.6 is 11.6 Å². The summed E-state index contributed by atoms with van der Waals surface area (Å²) < 4.78 is 0. The predicted octanol–water partition coefficient (Wildman–Crippen LogP) is 2.12. The highest BCUT2D eigenvalue weighted by molar-refractivity contribution is 6.19. The maximum atomic E-state index is 10.4. The maximum absolute atomic E-state index is 10.4. The van der Waals surface area contributed by atoms with Gasteiger partial charge in [0, 0.05) is 5.88 Å². The van der Waals surface area contributed by atoms with Gasteiger partial charge in [-0.15, -0.1) is 11.6 Å². The normalized spacial score (nSPS) is 13.0. The van der Waals surface area contributed by atoms with Crippen molar-refractivity contribution in [3.05, 3.63) is 0 Å². The zero-order valence-electron chi connectivity index (χ0n) is 6.14. The topological polar surface area (TPSA) is 37.3 Å². The number of rotatable bonds is 5. The Labute approximate surface area is 66.2 Å². The van der Waals surface area contributed by atoms with Crippen molar-refractivity contribution in [3.63, 3.8) is 0 Å². The van der Waals surface area contributed by atoms with Gasteiger partial charge in [0.1, 0.15) is 0 Å². The molecule has 0 aliphatic heterocycles. The molecule has 0 aliphatic carbocycles. The molecule has 10 heavy (non-hydrogen) atoms. The average Bonchev–Trinajstić information content (AvgIpc) is 1.89. The molecular weight excluding hydrogens is 152 g/mol. The fourth-order valence-corrected chi connectivity index (χ4v) is 1.00. The van der Waals surface area contributed by atoms with Gasteiger partial charge in [0.15, 0.2) is 0 Å². The van der Waals surface area contributed by atoms with E-state index in [4.69, 9.17) is 16.7 Å². The summed E-state index contributed by atoms with van der Waals surface area (Å²) in [6, 6.07) is 0. The van der Waals surface area contributed by atoms with Gasteiger partial charge >= 0.3 is 5.97 Å². The minimum Gasteiger partial charge on any atom is -0.481 e. The summed E-state index contributed by atoms with van der Waals surface area (Å²) in [4.78, 5) is 10.4. The Kier molecular flexibility index (Phi) is 5.40. The van der Waals surface area contributed by atoms with Crippen LogP contribution < -0.4 is 0 Å². The van der Waals surface area contributed by atoms with Gasteiger partial charge < -0.3 is 5.11 Å². The summed E-state index contributed by atoms with van der Waals surface area (Å²) in [5.74, 6) is -0.889. The third-order valence-electron chi connectivity index (χ3n) is 1.44. The molecular formula is C7H13ClO2. The van der Waals surface area contributed by atoms with E-state index in [1.165, 1.54) is 0 Å². The van der Waals surface area contributed by atoms with Crippen LogP contribution in [0.3, 0.4) is 0 Å². The van der Waals surface area contributed by atoms with E-state index in [9.17, 15) is 4.79 Å². The molecule has 0 aromatic carbocycles. The molecule has 60 valence electrons. The monoisotopic (exact) mass is 164 g/mol. The fourth-order valence-electron chi connectivity index (χ4n) is 0.717. The molecule has 1 atom stereocenters. The predicted molar refractivity (Wildman–Crippen MR) is 41.4 cm³/mol. The smallest absolute Gasteiger partial charge is 0.307 e. The van der Waals surface area contributed by atoms with Crippen molar-refractivity contribution >= 4 is 17.6 Å². The summed E-state index contributed by atoms with van der Waals surface area (Å²) in [5, 5.41) is 8.52. The molecule has 0 bridgehead atoms. The van der Waals surface area contributed by atoms with Crippen LogP contribution in [-0.2, 0) is 4.79 Å². The number of unbranched alkanes of at least 4 members (excludes halogenated alkanes) is 1. The summed E-state index contributed by atoms with van der Waals surface area (Å²) in [7, 11) is 0. The molecule has 0 spiro atoms. The lowest BCUT2D eigenvalue weighted by Gasteiger charge is -2.05. The van der Waals surface area contributed by atoms with Crippen molar-refractivity contribution in [1.29, 1.82) is 0 Å². The summed E-state index contributed by atoms with van der Waals surface area (Å²) in [5.41, 5.74) is 0. The molecule has 0 saturated heterocycles. The highest BCUT2D eigenvalue weighted by Crippen LogP contribution is 2.09. The van der Waals surface area contributed by atoms with Crippen LogP contribution in [0.2, 0.25) is 0 Å². The minimum absolute atomic E-state index is 0.231. The number of aliphatic carboxylic acids is 1. The van der Waals surface area contributed by atoms with Gasteiger partial charge in [0.2, 0.25) is 0 Å². The lowest BCUT2D eigenvalue weighted by atomic mass is 10.1. The van der Waals surface area contributed by atoms with Crippen molar-refractivity contribution in [2.45, 2.75) is 26.2 Å². The van der Waals surface area contributed by atoms with Gasteiger partial charge in [-0.1, -0.05) is 19.8 Å². The first-order valence-corrected chi connectivity index (χ1v) is 4.04. The molecule has 3 heteroatoms. The molecule has 0 aromatic rings. The van der Waals surface area contributed by atoms with Crippen LogP contribution in [0, 0.1) is 5.92 Å². The molecule has 0 saturated carbocycles. The van der Waals surface area contributed by atoms with Crippen LogP contribution in [0.1, 0.15) is 26.2 Å². The Hall–Kier alpha value is -0.240. The van der Waals surface area contributed by atoms with Crippen molar-refractivity contribution < 1.29 is 9.90 Å². The Bertz CT molecular complexity index is 104. The molecule has 1 N–H and O–H groups in total. The van der Waals surface area contributed by atoms with Gasteiger partial charge in [-0.05, 0) is 6.42 Å². The number of carboxylic acid groups (broad SMARTS) is 1. The van der Waals surface area contributed by atoms with Crippen molar-refractivity contribution in [2.24, 2.45) is 5.92 Å². The van der Waals surface area contributed by atoms with Crippen LogP contribution in [-0.4, -0.2) is 17.0 Å². The number of alkyl halides is 1. The van der Waals surface area contributed by atoms with Gasteiger partial charge in [0.05, 0.1) is 5.92 Å². The third kappa shape index (κ3) is 3.72. The zero-order valence-corrected chi connectivity index (χ0v) is 6.90. The van der Waals surface area contributed by atoms with Crippen molar-refractivity contribution in [2.75, 3.05) is 5.88 Å². The summed E-state index contributed by atoms with van der Waals surface area (Å²) in [6.45, 7) is 2.03. The number of carbonyl (C=O) groups is 1. The highest BCUT2D eigenvalue weighted by Gasteiger charge is 2.14. The first-order chi connectivity index (χ1) is 4.72. The molecule has 0 aliphatic rings. The highest BCUT2D eigenvalue weighted by atomic mass is 35.5. The van der Waals surface area contributed by atoms with E-state index in [1.807, 2.05) is 6.92 Å². The first-order valence-electron chi connectivity index (χ1n) is 3.51. The summed E-state index contributed by atoms with van der Waals surface area (Å²) >= 11 is 5.42. The van der Waals surface area contributed by atoms with E-state index in [1.54, 1.807) is 0 Å². The quantitative estimate of drug-likeness (QED) is 0.632. The lowest BCUT2D eigenvalue weighted by Crippen LogP contribution is -2.14. The molecule has 1 unspecified atom stereocenters. The number of halogens is 1. The van der Waals surface area contributed by atoms with Gasteiger partial charge in [0.25, 0.3) is 0 Å². The minimum atomic E-state index is -0.775. The molecule has 0 heterocycles. The number of hydrogen-bond donors (Lipinski definition) is 1. The zero-order chi connectivity index (χ0) is 7.98. The van der Waals surface area contributed by atoms with Gasteiger partial charge in [-0.25, -0.2) is 0 Å². The van der Waals surface area contributed by atoms with Crippen LogP contribution in [0.5, 0.6) is 0 Å². The van der Waals surface area contributed by atoms with Gasteiger partial charge in [-0.3, -0.25) is 4.79 Å². The van der Waals surface area contributed by atoms with Crippen LogP contribution in [0.15, 0.2) is 0 Å². The lowest BCUT2D eigenvalue weighted by molar-refractivity contribution is -0.141. The molecule has 0 aromatic heterocycles. The van der Waals surface area contributed by atoms with Gasteiger partial charge in [-0.2, -0.15) is 0 Å². The first kappa shape index (κ1) is 9.76.